The van der Waals surface area contributed by atoms with Gasteiger partial charge in [0.2, 0.25) is 0 Å². The summed E-state index contributed by atoms with van der Waals surface area (Å²) in [7, 11) is 0. The van der Waals surface area contributed by atoms with Crippen molar-refractivity contribution in [3.8, 4) is 6.07 Å². The van der Waals surface area contributed by atoms with Crippen molar-refractivity contribution < 1.29 is 18.3 Å². The van der Waals surface area contributed by atoms with Gasteiger partial charge in [0, 0.05) is 28.6 Å². The summed E-state index contributed by atoms with van der Waals surface area (Å²) in [5.41, 5.74) is 5.91. The van der Waals surface area contributed by atoms with Crippen LogP contribution in [0.25, 0.3) is 0 Å². The summed E-state index contributed by atoms with van der Waals surface area (Å²) in [5, 5.41) is 18.1. The highest BCUT2D eigenvalue weighted by Crippen LogP contribution is 2.41. The Kier molecular flexibility index (Phi) is 6.42. The van der Waals surface area contributed by atoms with Crippen molar-refractivity contribution in [1.29, 1.82) is 5.26 Å². The van der Waals surface area contributed by atoms with Crippen LogP contribution in [0.15, 0.2) is 47.6 Å². The van der Waals surface area contributed by atoms with Gasteiger partial charge in [0.15, 0.2) is 0 Å². The lowest BCUT2D eigenvalue weighted by Crippen LogP contribution is -2.26. The second kappa shape index (κ2) is 8.34. The molecule has 4 nitrogen and oxygen atoms in total. The molecule has 2 atom stereocenters. The Morgan fingerprint density at radius 3 is 2.64 bits per heavy atom. The van der Waals surface area contributed by atoms with Crippen LogP contribution in [0.5, 0.6) is 0 Å². The Labute approximate surface area is 147 Å². The SMILES string of the molecule is N#Cc1ccc(C(F)(F)F)cc1S[C@H](C[C@H](N)CO)c1cccnc1. The number of aromatic nitrogens is 1. The first-order chi connectivity index (χ1) is 11.8. The van der Waals surface area contributed by atoms with E-state index in [0.29, 0.717) is 6.42 Å². The van der Waals surface area contributed by atoms with Gasteiger partial charge >= 0.3 is 6.18 Å². The number of nitriles is 1. The molecule has 0 aliphatic heterocycles. The van der Waals surface area contributed by atoms with Crippen LogP contribution in [0.3, 0.4) is 0 Å². The molecule has 2 rings (SSSR count). The summed E-state index contributed by atoms with van der Waals surface area (Å²) < 4.78 is 38.9. The maximum absolute atomic E-state index is 13.0. The molecule has 0 saturated heterocycles. The third-order valence-electron chi connectivity index (χ3n) is 3.51. The fraction of sp³-hybridized carbons (Fsp3) is 0.294. The summed E-state index contributed by atoms with van der Waals surface area (Å²) in [5.74, 6) is 0. The quantitative estimate of drug-likeness (QED) is 0.764. The molecule has 1 aromatic heterocycles. The molecule has 0 radical (unpaired) electrons. The highest BCUT2D eigenvalue weighted by molar-refractivity contribution is 7.99. The highest BCUT2D eigenvalue weighted by atomic mass is 32.2. The number of rotatable bonds is 6. The first-order valence-corrected chi connectivity index (χ1v) is 8.27. The van der Waals surface area contributed by atoms with Gasteiger partial charge in [0.25, 0.3) is 0 Å². The highest BCUT2D eigenvalue weighted by Gasteiger charge is 2.31. The van der Waals surface area contributed by atoms with Crippen LogP contribution in [-0.2, 0) is 6.18 Å². The van der Waals surface area contributed by atoms with E-state index in [1.807, 2.05) is 6.07 Å². The Morgan fingerprint density at radius 1 is 1.32 bits per heavy atom. The van der Waals surface area contributed by atoms with E-state index in [0.717, 1.165) is 35.5 Å². The van der Waals surface area contributed by atoms with Gasteiger partial charge in [-0.3, -0.25) is 4.98 Å². The molecule has 0 saturated carbocycles. The lowest BCUT2D eigenvalue weighted by molar-refractivity contribution is -0.137. The molecule has 0 bridgehead atoms. The number of halogens is 3. The van der Waals surface area contributed by atoms with Crippen LogP contribution in [0.1, 0.15) is 28.4 Å². The third-order valence-corrected chi connectivity index (χ3v) is 4.85. The zero-order valence-corrected chi connectivity index (χ0v) is 13.9. The van der Waals surface area contributed by atoms with Gasteiger partial charge in [0.1, 0.15) is 6.07 Å². The number of nitrogens with two attached hydrogens (primary N) is 1. The lowest BCUT2D eigenvalue weighted by Gasteiger charge is -2.21. The minimum absolute atomic E-state index is 0.157. The zero-order valence-electron chi connectivity index (χ0n) is 13.1. The van der Waals surface area contributed by atoms with Crippen molar-refractivity contribution in [2.45, 2.75) is 28.8 Å². The topological polar surface area (TPSA) is 82.9 Å². The molecule has 0 fully saturated rings. The van der Waals surface area contributed by atoms with Crippen molar-refractivity contribution in [2.24, 2.45) is 5.73 Å². The van der Waals surface area contributed by atoms with Gasteiger partial charge in [-0.25, -0.2) is 0 Å². The molecular weight excluding hydrogens is 351 g/mol. The van der Waals surface area contributed by atoms with E-state index in [4.69, 9.17) is 5.73 Å². The molecule has 2 aromatic rings. The molecule has 25 heavy (non-hydrogen) atoms. The first kappa shape index (κ1) is 19.2. The number of aliphatic hydroxyl groups excluding tert-OH is 1. The predicted molar refractivity (Wildman–Crippen MR) is 88.7 cm³/mol. The molecule has 1 heterocycles. The largest absolute Gasteiger partial charge is 0.416 e. The van der Waals surface area contributed by atoms with Crippen LogP contribution in [-0.4, -0.2) is 22.7 Å². The molecule has 0 amide bonds. The molecule has 0 unspecified atom stereocenters. The maximum atomic E-state index is 13.0. The summed E-state index contributed by atoms with van der Waals surface area (Å²) in [6.07, 6.45) is -0.980. The van der Waals surface area contributed by atoms with Crippen LogP contribution >= 0.6 is 11.8 Å². The second-order valence-corrected chi connectivity index (χ2v) is 6.64. The minimum atomic E-state index is -4.49. The maximum Gasteiger partial charge on any atom is 0.416 e. The van der Waals surface area contributed by atoms with Crippen LogP contribution in [0.4, 0.5) is 13.2 Å². The van der Waals surface area contributed by atoms with Gasteiger partial charge in [0.05, 0.1) is 17.7 Å². The summed E-state index contributed by atoms with van der Waals surface area (Å²) in [6.45, 7) is -0.245. The fourth-order valence-electron chi connectivity index (χ4n) is 2.21. The van der Waals surface area contributed by atoms with Crippen molar-refractivity contribution >= 4 is 11.8 Å². The first-order valence-electron chi connectivity index (χ1n) is 7.39. The summed E-state index contributed by atoms with van der Waals surface area (Å²) in [6, 6.07) is 7.90. The Morgan fingerprint density at radius 2 is 2.08 bits per heavy atom. The Balaban J connectivity index is 2.39. The van der Waals surface area contributed by atoms with Gasteiger partial charge < -0.3 is 10.8 Å². The van der Waals surface area contributed by atoms with Crippen LogP contribution in [0, 0.1) is 11.3 Å². The van der Waals surface area contributed by atoms with Crippen LogP contribution < -0.4 is 5.73 Å². The number of benzene rings is 1. The number of thioether (sulfide) groups is 1. The van der Waals surface area contributed by atoms with Crippen molar-refractivity contribution in [2.75, 3.05) is 6.61 Å². The average molecular weight is 367 g/mol. The van der Waals surface area contributed by atoms with E-state index in [2.05, 4.69) is 4.98 Å². The van der Waals surface area contributed by atoms with Gasteiger partial charge in [-0.2, -0.15) is 18.4 Å². The number of hydrogen-bond donors (Lipinski definition) is 2. The molecule has 0 aliphatic carbocycles. The molecular formula is C17H16F3N3OS. The molecule has 3 N–H and O–H groups in total. The third kappa shape index (κ3) is 5.19. The normalized spacial score (nSPS) is 13.9. The average Bonchev–Trinajstić information content (AvgIpc) is 2.60. The van der Waals surface area contributed by atoms with E-state index in [1.54, 1.807) is 24.5 Å². The van der Waals surface area contributed by atoms with E-state index >= 15 is 0 Å². The lowest BCUT2D eigenvalue weighted by atomic mass is 10.1. The monoisotopic (exact) mass is 367 g/mol. The van der Waals surface area contributed by atoms with Crippen molar-refractivity contribution in [1.82, 2.24) is 4.98 Å². The number of pyridine rings is 1. The smallest absolute Gasteiger partial charge is 0.395 e. The number of aliphatic hydroxyl groups is 1. The Hall–Kier alpha value is -2.08. The van der Waals surface area contributed by atoms with Gasteiger partial charge in [-0.1, -0.05) is 6.07 Å². The minimum Gasteiger partial charge on any atom is -0.395 e. The number of hydrogen-bond acceptors (Lipinski definition) is 5. The molecule has 8 heteroatoms. The number of alkyl halides is 3. The molecule has 0 aliphatic rings. The van der Waals surface area contributed by atoms with E-state index in [9.17, 15) is 23.5 Å². The second-order valence-electron chi connectivity index (χ2n) is 5.39. The van der Waals surface area contributed by atoms with Gasteiger partial charge in [-0.15, -0.1) is 11.8 Å². The number of nitrogens with zero attached hydrogens (tertiary/aromatic N) is 2. The standard InChI is InChI=1S/C17H16F3N3OS/c18-17(19,20)13-4-3-11(8-21)15(6-13)25-16(7-14(22)10-24)12-2-1-5-23-9-12/h1-6,9,14,16,24H,7,10,22H2/t14-,16+/m0/s1. The van der Waals surface area contributed by atoms with E-state index in [-0.39, 0.29) is 22.3 Å². The van der Waals surface area contributed by atoms with Crippen LogP contribution in [0.2, 0.25) is 0 Å². The molecule has 0 spiro atoms. The van der Waals surface area contributed by atoms with Crippen molar-refractivity contribution in [3.05, 3.63) is 59.4 Å². The summed E-state index contributed by atoms with van der Waals surface area (Å²) in [4.78, 5) is 4.24. The predicted octanol–water partition coefficient (Wildman–Crippen LogP) is 3.52. The molecule has 132 valence electrons. The zero-order chi connectivity index (χ0) is 18.4. The van der Waals surface area contributed by atoms with Crippen molar-refractivity contribution in [3.63, 3.8) is 0 Å². The Bertz CT molecular complexity index is 747. The molecule has 1 aromatic carbocycles. The van der Waals surface area contributed by atoms with E-state index < -0.39 is 17.8 Å². The fourth-order valence-corrected chi connectivity index (χ4v) is 3.57. The van der Waals surface area contributed by atoms with E-state index in [1.165, 1.54) is 0 Å². The van der Waals surface area contributed by atoms with Gasteiger partial charge in [-0.05, 0) is 36.2 Å². The summed E-state index contributed by atoms with van der Waals surface area (Å²) >= 11 is 1.11.